The molecular formula is C24H24F2N4O. The number of fused-ring (bicyclic) bond motifs is 2. The summed E-state index contributed by atoms with van der Waals surface area (Å²) in [4.78, 5) is 16.0. The largest absolute Gasteiger partial charge is 0.341 e. The summed E-state index contributed by atoms with van der Waals surface area (Å²) >= 11 is 0. The van der Waals surface area contributed by atoms with Crippen LogP contribution in [-0.4, -0.2) is 29.3 Å². The van der Waals surface area contributed by atoms with Gasteiger partial charge in [-0.25, -0.2) is 8.78 Å². The van der Waals surface area contributed by atoms with E-state index in [0.717, 1.165) is 54.0 Å². The minimum Gasteiger partial charge on any atom is -0.341 e. The first-order valence-corrected chi connectivity index (χ1v) is 10.5. The Morgan fingerprint density at radius 1 is 1.00 bits per heavy atom. The van der Waals surface area contributed by atoms with Crippen molar-refractivity contribution in [3.63, 3.8) is 0 Å². The number of aromatic nitrogens is 2. The van der Waals surface area contributed by atoms with Gasteiger partial charge in [0, 0.05) is 61.4 Å². The van der Waals surface area contributed by atoms with Crippen LogP contribution in [0.5, 0.6) is 0 Å². The van der Waals surface area contributed by atoms with E-state index in [1.165, 1.54) is 0 Å². The number of hydrogen-bond donors (Lipinski definition) is 0. The molecular weight excluding hydrogens is 398 g/mol. The van der Waals surface area contributed by atoms with Crippen LogP contribution in [0, 0.1) is 0 Å². The van der Waals surface area contributed by atoms with Gasteiger partial charge in [0.15, 0.2) is 0 Å². The molecule has 0 saturated carbocycles. The Kier molecular flexibility index (Phi) is 4.76. The fraction of sp³-hybridized carbons (Fsp3) is 0.333. The second-order valence-electron chi connectivity index (χ2n) is 8.29. The van der Waals surface area contributed by atoms with E-state index < -0.39 is 6.43 Å². The maximum atomic E-state index is 14.0. The lowest BCUT2D eigenvalue weighted by Crippen LogP contribution is -2.31. The third-order valence-electron chi connectivity index (χ3n) is 6.34. The number of carbonyl (C=O) groups is 1. The lowest BCUT2D eigenvalue weighted by molar-refractivity contribution is -0.118. The van der Waals surface area contributed by atoms with Crippen molar-refractivity contribution in [1.82, 2.24) is 9.78 Å². The van der Waals surface area contributed by atoms with Crippen LogP contribution < -0.4 is 9.80 Å². The maximum absolute atomic E-state index is 14.0. The Labute approximate surface area is 179 Å². The minimum absolute atomic E-state index is 0.0175. The summed E-state index contributed by atoms with van der Waals surface area (Å²) in [6.45, 7) is 0.748. The lowest BCUT2D eigenvalue weighted by Gasteiger charge is -2.34. The molecule has 0 saturated heterocycles. The zero-order valence-electron chi connectivity index (χ0n) is 17.6. The highest BCUT2D eigenvalue weighted by Crippen LogP contribution is 2.42. The zero-order valence-corrected chi connectivity index (χ0v) is 17.6. The minimum atomic E-state index is -2.59. The highest BCUT2D eigenvalue weighted by molar-refractivity contribution is 5.96. The maximum Gasteiger partial charge on any atom is 0.264 e. The third kappa shape index (κ3) is 3.38. The Morgan fingerprint density at radius 2 is 1.84 bits per heavy atom. The second kappa shape index (κ2) is 7.48. The van der Waals surface area contributed by atoms with E-state index in [9.17, 15) is 13.6 Å². The summed E-state index contributed by atoms with van der Waals surface area (Å²) in [5, 5.41) is 4.15. The second-order valence-corrected chi connectivity index (χ2v) is 8.29. The van der Waals surface area contributed by atoms with Crippen molar-refractivity contribution in [2.45, 2.75) is 32.1 Å². The van der Waals surface area contributed by atoms with E-state index in [2.05, 4.69) is 16.1 Å². The molecule has 5 rings (SSSR count). The summed E-state index contributed by atoms with van der Waals surface area (Å²) in [7, 11) is 3.58. The number of benzene rings is 2. The fourth-order valence-corrected chi connectivity index (χ4v) is 4.70. The zero-order chi connectivity index (χ0) is 21.7. The van der Waals surface area contributed by atoms with Gasteiger partial charge in [-0.15, -0.1) is 0 Å². The third-order valence-corrected chi connectivity index (χ3v) is 6.34. The number of rotatable bonds is 3. The van der Waals surface area contributed by atoms with E-state index in [4.69, 9.17) is 0 Å². The Balaban J connectivity index is 1.61. The van der Waals surface area contributed by atoms with Gasteiger partial charge in [-0.3, -0.25) is 9.48 Å². The van der Waals surface area contributed by atoms with E-state index in [0.29, 0.717) is 17.5 Å². The molecule has 160 valence electrons. The molecule has 0 radical (unpaired) electrons. The van der Waals surface area contributed by atoms with Gasteiger partial charge in [-0.05, 0) is 60.2 Å². The number of amides is 1. The Bertz CT molecular complexity index is 1170. The molecule has 3 heterocycles. The van der Waals surface area contributed by atoms with Crippen molar-refractivity contribution in [1.29, 1.82) is 0 Å². The lowest BCUT2D eigenvalue weighted by atomic mass is 9.92. The molecule has 2 aliphatic rings. The summed E-state index contributed by atoms with van der Waals surface area (Å²) in [5.41, 5.74) is 6.10. The van der Waals surface area contributed by atoms with E-state index in [1.54, 1.807) is 42.1 Å². The quantitative estimate of drug-likeness (QED) is 0.595. The first-order chi connectivity index (χ1) is 14.9. The van der Waals surface area contributed by atoms with Gasteiger partial charge in [-0.2, -0.15) is 5.10 Å². The first-order valence-electron chi connectivity index (χ1n) is 10.5. The van der Waals surface area contributed by atoms with E-state index in [-0.39, 0.29) is 11.5 Å². The normalized spacial score (nSPS) is 16.0. The molecule has 0 unspecified atom stereocenters. The highest BCUT2D eigenvalue weighted by atomic mass is 19.3. The number of hydrogen-bond acceptors (Lipinski definition) is 3. The van der Waals surface area contributed by atoms with Crippen LogP contribution in [0.15, 0.2) is 42.7 Å². The Hall–Kier alpha value is -3.22. The average molecular weight is 422 g/mol. The molecule has 7 heteroatoms. The number of carbonyl (C=O) groups excluding carboxylic acids is 1. The molecule has 2 aromatic carbocycles. The number of aryl methyl sites for hydroxylation is 3. The van der Waals surface area contributed by atoms with Crippen LogP contribution in [0.1, 0.15) is 36.0 Å². The number of alkyl halides is 2. The monoisotopic (exact) mass is 422 g/mol. The van der Waals surface area contributed by atoms with Gasteiger partial charge in [0.25, 0.3) is 6.43 Å². The molecule has 0 spiro atoms. The van der Waals surface area contributed by atoms with Crippen LogP contribution >= 0.6 is 0 Å². The van der Waals surface area contributed by atoms with Crippen LogP contribution in [0.2, 0.25) is 0 Å². The van der Waals surface area contributed by atoms with Crippen molar-refractivity contribution in [2.24, 2.45) is 7.05 Å². The summed E-state index contributed by atoms with van der Waals surface area (Å²) in [5.74, 6) is 0.102. The topological polar surface area (TPSA) is 41.4 Å². The summed E-state index contributed by atoms with van der Waals surface area (Å²) in [6, 6.07) is 9.64. The molecule has 3 aromatic rings. The van der Waals surface area contributed by atoms with Gasteiger partial charge in [0.1, 0.15) is 0 Å². The van der Waals surface area contributed by atoms with Gasteiger partial charge in [0.2, 0.25) is 5.91 Å². The van der Waals surface area contributed by atoms with Crippen LogP contribution in [0.4, 0.5) is 25.8 Å². The van der Waals surface area contributed by atoms with Crippen molar-refractivity contribution in [3.05, 3.63) is 59.4 Å². The van der Waals surface area contributed by atoms with E-state index >= 15 is 0 Å². The van der Waals surface area contributed by atoms with Gasteiger partial charge >= 0.3 is 0 Å². The molecule has 0 N–H and O–H groups in total. The van der Waals surface area contributed by atoms with Crippen LogP contribution in [0.25, 0.3) is 11.1 Å². The van der Waals surface area contributed by atoms with Gasteiger partial charge < -0.3 is 9.80 Å². The SMILES string of the molecule is CN1C(=O)CCc2ccc(N3CCCc4cc(-c5cnn(C)c5)c(C(F)F)cc43)cc21. The predicted molar refractivity (Wildman–Crippen MR) is 117 cm³/mol. The highest BCUT2D eigenvalue weighted by Gasteiger charge is 2.26. The van der Waals surface area contributed by atoms with Crippen molar-refractivity contribution in [2.75, 3.05) is 23.4 Å². The Morgan fingerprint density at radius 3 is 2.58 bits per heavy atom. The average Bonchev–Trinajstić information content (AvgIpc) is 3.21. The standard InChI is InChI=1S/C24H24F2N4O/c1-28-14-17(13-27-28)19-10-16-4-3-9-30(22(16)12-20(19)24(25)26)18-7-5-15-6-8-23(31)29(2)21(15)11-18/h5,7,10-14,24H,3-4,6,8-9H2,1-2H3. The smallest absolute Gasteiger partial charge is 0.264 e. The van der Waals surface area contributed by atoms with E-state index in [1.807, 2.05) is 18.2 Å². The van der Waals surface area contributed by atoms with Gasteiger partial charge in [-0.1, -0.05) is 6.07 Å². The molecule has 0 aliphatic carbocycles. The molecule has 1 aromatic heterocycles. The molecule has 5 nitrogen and oxygen atoms in total. The summed E-state index contributed by atoms with van der Waals surface area (Å²) < 4.78 is 29.7. The van der Waals surface area contributed by atoms with Crippen molar-refractivity contribution in [3.8, 4) is 11.1 Å². The number of anilines is 3. The molecule has 31 heavy (non-hydrogen) atoms. The molecule has 0 fully saturated rings. The fourth-order valence-electron chi connectivity index (χ4n) is 4.70. The van der Waals surface area contributed by atoms with Crippen molar-refractivity contribution >= 4 is 23.0 Å². The van der Waals surface area contributed by atoms with Gasteiger partial charge in [0.05, 0.1) is 6.20 Å². The number of halogens is 2. The number of nitrogens with zero attached hydrogens (tertiary/aromatic N) is 4. The molecule has 0 bridgehead atoms. The molecule has 2 aliphatic heterocycles. The van der Waals surface area contributed by atoms with Crippen LogP contribution in [-0.2, 0) is 24.7 Å². The van der Waals surface area contributed by atoms with Crippen LogP contribution in [0.3, 0.4) is 0 Å². The molecule has 0 atom stereocenters. The van der Waals surface area contributed by atoms with Crippen molar-refractivity contribution < 1.29 is 13.6 Å². The summed E-state index contributed by atoms with van der Waals surface area (Å²) in [6.07, 6.45) is 3.83. The first kappa shape index (κ1) is 19.7. The predicted octanol–water partition coefficient (Wildman–Crippen LogP) is 5.02. The molecule has 1 amide bonds.